The lowest BCUT2D eigenvalue weighted by Gasteiger charge is -2.15. The fraction of sp³-hybridized carbons (Fsp3) is 0.133. The summed E-state index contributed by atoms with van der Waals surface area (Å²) < 4.78 is 7.07. The zero-order valence-corrected chi connectivity index (χ0v) is 22.3. The maximum Gasteiger partial charge on any atom is 0.266 e. The molecule has 1 amide bonds. The van der Waals surface area contributed by atoms with Crippen molar-refractivity contribution in [1.82, 2.24) is 4.90 Å². The number of nitrogens with zero attached hydrogens (tertiary/aromatic N) is 2. The summed E-state index contributed by atoms with van der Waals surface area (Å²) in [5.41, 5.74) is 4.24. The molecule has 36 heavy (non-hydrogen) atoms. The summed E-state index contributed by atoms with van der Waals surface area (Å²) in [5, 5.41) is 0.693. The number of amidine groups is 1. The van der Waals surface area contributed by atoms with Gasteiger partial charge in [0, 0.05) is 22.7 Å². The number of rotatable bonds is 7. The Morgan fingerprint density at radius 1 is 0.972 bits per heavy atom. The number of carbonyl (C=O) groups excluding carboxylic acids is 1. The summed E-state index contributed by atoms with van der Waals surface area (Å²) in [6.45, 7) is 2.65. The Morgan fingerprint density at radius 3 is 2.47 bits per heavy atom. The second-order valence-corrected chi connectivity index (χ2v) is 10.4. The van der Waals surface area contributed by atoms with Gasteiger partial charge < -0.3 is 4.42 Å². The van der Waals surface area contributed by atoms with Crippen molar-refractivity contribution in [3.63, 3.8) is 0 Å². The highest BCUT2D eigenvalue weighted by Crippen LogP contribution is 2.36. The molecule has 1 aromatic heterocycles. The van der Waals surface area contributed by atoms with E-state index in [2.05, 4.69) is 47.1 Å². The molecule has 0 unspecified atom stereocenters. The van der Waals surface area contributed by atoms with Gasteiger partial charge in [-0.15, -0.1) is 0 Å². The smallest absolute Gasteiger partial charge is 0.266 e. The molecular formula is C30H25BrN2O2S. The van der Waals surface area contributed by atoms with Crippen LogP contribution in [0.3, 0.4) is 0 Å². The van der Waals surface area contributed by atoms with Gasteiger partial charge >= 0.3 is 0 Å². The Kier molecular flexibility index (Phi) is 7.54. The number of thioether (sulfide) groups is 1. The molecule has 1 saturated heterocycles. The molecule has 4 nitrogen and oxygen atoms in total. The summed E-state index contributed by atoms with van der Waals surface area (Å²) >= 11 is 5.01. The standard InChI is InChI=1S/C30H25BrN2O2S/c1-21-14-16-25(26(31)19-21)27-17-15-24(35-27)20-28-29(34)33(18-8-11-22-9-4-2-5-10-22)30(36-28)32-23-12-6-3-7-13-23/h2-7,9-10,12-17,19-20H,8,11,18H2,1H3/b28-20-,32-30?. The first-order valence-corrected chi connectivity index (χ1v) is 13.4. The minimum absolute atomic E-state index is 0.0443. The van der Waals surface area contributed by atoms with Gasteiger partial charge in [-0.2, -0.15) is 0 Å². The van der Waals surface area contributed by atoms with Crippen molar-refractivity contribution >= 4 is 50.5 Å². The van der Waals surface area contributed by atoms with E-state index in [0.29, 0.717) is 22.4 Å². The molecule has 6 heteroatoms. The predicted octanol–water partition coefficient (Wildman–Crippen LogP) is 8.25. The zero-order chi connectivity index (χ0) is 24.9. The molecular weight excluding hydrogens is 532 g/mol. The molecule has 4 aromatic rings. The molecule has 180 valence electrons. The number of amides is 1. The SMILES string of the molecule is Cc1ccc(-c2ccc(/C=C3\SC(=Nc4ccccc4)N(CCCc4ccccc4)C3=O)o2)c(Br)c1. The van der Waals surface area contributed by atoms with E-state index in [4.69, 9.17) is 9.41 Å². The molecule has 0 radical (unpaired) electrons. The lowest BCUT2D eigenvalue weighted by Crippen LogP contribution is -2.30. The normalized spacial score (nSPS) is 15.8. The lowest BCUT2D eigenvalue weighted by molar-refractivity contribution is -0.122. The van der Waals surface area contributed by atoms with Gasteiger partial charge in [0.15, 0.2) is 5.17 Å². The molecule has 1 aliphatic rings. The van der Waals surface area contributed by atoms with E-state index in [-0.39, 0.29) is 5.91 Å². The van der Waals surface area contributed by atoms with Crippen molar-refractivity contribution in [2.45, 2.75) is 19.8 Å². The van der Waals surface area contributed by atoms with Crippen molar-refractivity contribution in [3.05, 3.63) is 117 Å². The van der Waals surface area contributed by atoms with Crippen LogP contribution in [0.15, 0.2) is 110 Å². The fourth-order valence-electron chi connectivity index (χ4n) is 4.01. The molecule has 0 bridgehead atoms. The van der Waals surface area contributed by atoms with Crippen molar-refractivity contribution in [2.75, 3.05) is 6.54 Å². The quantitative estimate of drug-likeness (QED) is 0.215. The van der Waals surface area contributed by atoms with Crippen LogP contribution in [0.1, 0.15) is 23.3 Å². The number of hydrogen-bond acceptors (Lipinski definition) is 4. The molecule has 3 aromatic carbocycles. The third-order valence-corrected chi connectivity index (χ3v) is 7.51. The van der Waals surface area contributed by atoms with Crippen LogP contribution in [0, 0.1) is 6.92 Å². The van der Waals surface area contributed by atoms with E-state index in [1.54, 1.807) is 4.90 Å². The Labute approximate surface area is 223 Å². The average Bonchev–Trinajstić information content (AvgIpc) is 3.45. The summed E-state index contributed by atoms with van der Waals surface area (Å²) in [6.07, 6.45) is 3.57. The number of hydrogen-bond donors (Lipinski definition) is 0. The molecule has 0 N–H and O–H groups in total. The summed E-state index contributed by atoms with van der Waals surface area (Å²) in [4.78, 5) is 20.6. The van der Waals surface area contributed by atoms with Crippen LogP contribution in [0.25, 0.3) is 17.4 Å². The van der Waals surface area contributed by atoms with E-state index < -0.39 is 0 Å². The minimum Gasteiger partial charge on any atom is -0.457 e. The van der Waals surface area contributed by atoms with E-state index in [1.807, 2.05) is 72.8 Å². The molecule has 2 heterocycles. The van der Waals surface area contributed by atoms with Crippen LogP contribution in [0.2, 0.25) is 0 Å². The summed E-state index contributed by atoms with van der Waals surface area (Å²) in [7, 11) is 0. The Bertz CT molecular complexity index is 1430. The lowest BCUT2D eigenvalue weighted by atomic mass is 10.1. The maximum absolute atomic E-state index is 13.4. The molecule has 0 spiro atoms. The van der Waals surface area contributed by atoms with Gasteiger partial charge in [0.05, 0.1) is 10.6 Å². The first-order valence-electron chi connectivity index (χ1n) is 11.8. The van der Waals surface area contributed by atoms with Gasteiger partial charge in [-0.05, 0) is 79.1 Å². The number of aliphatic imine (C=N–C) groups is 1. The predicted molar refractivity (Wildman–Crippen MR) is 152 cm³/mol. The second kappa shape index (κ2) is 11.1. The first kappa shape index (κ1) is 24.3. The van der Waals surface area contributed by atoms with Gasteiger partial charge in [-0.1, -0.05) is 70.5 Å². The van der Waals surface area contributed by atoms with Crippen molar-refractivity contribution in [3.8, 4) is 11.3 Å². The summed E-state index contributed by atoms with van der Waals surface area (Å²) in [5.74, 6) is 1.35. The molecule has 0 atom stereocenters. The van der Waals surface area contributed by atoms with Crippen LogP contribution >= 0.6 is 27.7 Å². The number of para-hydroxylation sites is 1. The number of halogens is 1. The molecule has 0 aliphatic carbocycles. The van der Waals surface area contributed by atoms with Gasteiger partial charge in [0.1, 0.15) is 11.5 Å². The van der Waals surface area contributed by atoms with Crippen LogP contribution in [-0.4, -0.2) is 22.5 Å². The van der Waals surface area contributed by atoms with Crippen LogP contribution in [0.4, 0.5) is 5.69 Å². The van der Waals surface area contributed by atoms with Crippen molar-refractivity contribution < 1.29 is 9.21 Å². The van der Waals surface area contributed by atoms with Crippen LogP contribution in [-0.2, 0) is 11.2 Å². The fourth-order valence-corrected chi connectivity index (χ4v) is 5.71. The monoisotopic (exact) mass is 556 g/mol. The average molecular weight is 558 g/mol. The van der Waals surface area contributed by atoms with E-state index in [9.17, 15) is 4.79 Å². The Hall–Kier alpha value is -3.35. The van der Waals surface area contributed by atoms with Gasteiger partial charge in [-0.3, -0.25) is 9.69 Å². The third-order valence-electron chi connectivity index (χ3n) is 5.85. The highest BCUT2D eigenvalue weighted by Gasteiger charge is 2.33. The highest BCUT2D eigenvalue weighted by molar-refractivity contribution is 9.10. The first-order chi connectivity index (χ1) is 17.6. The number of carbonyl (C=O) groups is 1. The van der Waals surface area contributed by atoms with Gasteiger partial charge in [0.2, 0.25) is 0 Å². The van der Waals surface area contributed by atoms with E-state index in [1.165, 1.54) is 22.9 Å². The van der Waals surface area contributed by atoms with E-state index in [0.717, 1.165) is 34.3 Å². The zero-order valence-electron chi connectivity index (χ0n) is 19.9. The third kappa shape index (κ3) is 5.72. The molecule has 0 saturated carbocycles. The molecule has 5 rings (SSSR count). The van der Waals surface area contributed by atoms with Crippen LogP contribution in [0.5, 0.6) is 0 Å². The van der Waals surface area contributed by atoms with Crippen LogP contribution < -0.4 is 0 Å². The van der Waals surface area contributed by atoms with Crippen molar-refractivity contribution in [1.29, 1.82) is 0 Å². The topological polar surface area (TPSA) is 45.8 Å². The van der Waals surface area contributed by atoms with Crippen molar-refractivity contribution in [2.24, 2.45) is 4.99 Å². The number of aryl methyl sites for hydroxylation is 2. The second-order valence-electron chi connectivity index (χ2n) is 8.57. The minimum atomic E-state index is -0.0443. The number of benzene rings is 3. The molecule has 1 fully saturated rings. The number of furan rings is 1. The molecule has 1 aliphatic heterocycles. The van der Waals surface area contributed by atoms with Gasteiger partial charge in [-0.25, -0.2) is 4.99 Å². The van der Waals surface area contributed by atoms with Gasteiger partial charge in [0.25, 0.3) is 5.91 Å². The summed E-state index contributed by atoms with van der Waals surface area (Å²) in [6, 6.07) is 30.1. The Morgan fingerprint density at radius 2 is 1.72 bits per heavy atom. The largest absolute Gasteiger partial charge is 0.457 e. The maximum atomic E-state index is 13.4. The Balaban J connectivity index is 1.38. The highest BCUT2D eigenvalue weighted by atomic mass is 79.9. The van der Waals surface area contributed by atoms with E-state index >= 15 is 0 Å².